The lowest BCUT2D eigenvalue weighted by Gasteiger charge is -2.25. The maximum absolute atomic E-state index is 13.7. The molecule has 1 fully saturated rings. The standard InChI is InChI=1S/C13H15FN2O3S/c14-11-6-3-4-7-12(11)20(18,19)16-9-5-1-2-8-13(16)15-10-17/h3-4,6-7,13H,1-2,5,8-9H2. The molecule has 1 aliphatic heterocycles. The van der Waals surface area contributed by atoms with E-state index >= 15 is 0 Å². The Labute approximate surface area is 117 Å². The summed E-state index contributed by atoms with van der Waals surface area (Å²) >= 11 is 0. The van der Waals surface area contributed by atoms with Crippen molar-refractivity contribution in [1.29, 1.82) is 0 Å². The number of hydrogen-bond acceptors (Lipinski definition) is 4. The van der Waals surface area contributed by atoms with Crippen LogP contribution < -0.4 is 0 Å². The predicted molar refractivity (Wildman–Crippen MR) is 70.7 cm³/mol. The van der Waals surface area contributed by atoms with Crippen LogP contribution in [-0.2, 0) is 14.8 Å². The molecule has 0 N–H and O–H groups in total. The number of carbonyl (C=O) groups excluding carboxylic acids is 1. The molecule has 0 aromatic heterocycles. The van der Waals surface area contributed by atoms with Gasteiger partial charge in [0.2, 0.25) is 16.1 Å². The average Bonchev–Trinajstić information content (AvgIpc) is 2.65. The number of rotatable bonds is 3. The van der Waals surface area contributed by atoms with Crippen LogP contribution in [0.4, 0.5) is 4.39 Å². The van der Waals surface area contributed by atoms with E-state index in [1.165, 1.54) is 24.3 Å². The lowest BCUT2D eigenvalue weighted by atomic mass is 10.2. The van der Waals surface area contributed by atoms with Gasteiger partial charge < -0.3 is 0 Å². The molecule has 0 spiro atoms. The van der Waals surface area contributed by atoms with E-state index in [-0.39, 0.29) is 11.4 Å². The van der Waals surface area contributed by atoms with Crippen LogP contribution in [0.2, 0.25) is 0 Å². The highest BCUT2D eigenvalue weighted by Gasteiger charge is 2.34. The third-order valence-corrected chi connectivity index (χ3v) is 5.23. The number of hydrogen-bond donors (Lipinski definition) is 0. The first-order valence-electron chi connectivity index (χ1n) is 6.40. The lowest BCUT2D eigenvalue weighted by molar-refractivity contribution is 0.329. The number of nitrogens with zero attached hydrogens (tertiary/aromatic N) is 2. The Bertz CT molecular complexity index is 626. The van der Waals surface area contributed by atoms with E-state index in [1.807, 2.05) is 0 Å². The Kier molecular flexibility index (Phi) is 4.65. The SMILES string of the molecule is O=C=NC1CCCCCN1S(=O)(=O)c1ccccc1F. The smallest absolute Gasteiger partial charge is 0.211 e. The van der Waals surface area contributed by atoms with Crippen molar-refractivity contribution in [1.82, 2.24) is 4.31 Å². The Morgan fingerprint density at radius 2 is 2.00 bits per heavy atom. The molecule has 1 aromatic carbocycles. The molecule has 108 valence electrons. The van der Waals surface area contributed by atoms with E-state index in [0.717, 1.165) is 23.2 Å². The molecule has 0 amide bonds. The molecule has 1 atom stereocenters. The zero-order valence-corrected chi connectivity index (χ0v) is 11.6. The van der Waals surface area contributed by atoms with E-state index in [2.05, 4.69) is 4.99 Å². The quantitative estimate of drug-likeness (QED) is 0.633. The van der Waals surface area contributed by atoms with Crippen LogP contribution in [-0.4, -0.2) is 31.5 Å². The molecule has 20 heavy (non-hydrogen) atoms. The molecule has 1 aliphatic rings. The van der Waals surface area contributed by atoms with E-state index in [1.54, 1.807) is 0 Å². The van der Waals surface area contributed by atoms with Crippen molar-refractivity contribution < 1.29 is 17.6 Å². The van der Waals surface area contributed by atoms with Crippen LogP contribution in [0.15, 0.2) is 34.2 Å². The minimum atomic E-state index is -4.00. The molecule has 2 rings (SSSR count). The molecule has 1 saturated heterocycles. The average molecular weight is 298 g/mol. The molecule has 5 nitrogen and oxygen atoms in total. The van der Waals surface area contributed by atoms with Crippen molar-refractivity contribution in [3.8, 4) is 0 Å². The summed E-state index contributed by atoms with van der Waals surface area (Å²) in [5, 5.41) is 0. The maximum atomic E-state index is 13.7. The minimum Gasteiger partial charge on any atom is -0.211 e. The van der Waals surface area contributed by atoms with E-state index in [0.29, 0.717) is 12.8 Å². The van der Waals surface area contributed by atoms with Gasteiger partial charge in [0, 0.05) is 6.54 Å². The zero-order chi connectivity index (χ0) is 14.6. The molecule has 0 aliphatic carbocycles. The summed E-state index contributed by atoms with van der Waals surface area (Å²) < 4.78 is 39.9. The van der Waals surface area contributed by atoms with Crippen LogP contribution in [0.25, 0.3) is 0 Å². The normalized spacial score (nSPS) is 20.9. The van der Waals surface area contributed by atoms with Crippen molar-refractivity contribution >= 4 is 16.1 Å². The van der Waals surface area contributed by atoms with Gasteiger partial charge in [-0.05, 0) is 31.4 Å². The summed E-state index contributed by atoms with van der Waals surface area (Å²) in [6.45, 7) is 0.229. The van der Waals surface area contributed by atoms with Crippen molar-refractivity contribution in [2.45, 2.75) is 36.7 Å². The van der Waals surface area contributed by atoms with Gasteiger partial charge in [-0.2, -0.15) is 9.30 Å². The molecular weight excluding hydrogens is 283 g/mol. The number of benzene rings is 1. The van der Waals surface area contributed by atoms with Gasteiger partial charge in [0.1, 0.15) is 16.9 Å². The Balaban J connectivity index is 2.44. The van der Waals surface area contributed by atoms with Gasteiger partial charge in [-0.1, -0.05) is 18.6 Å². The molecule has 1 unspecified atom stereocenters. The fourth-order valence-corrected chi connectivity index (χ4v) is 3.97. The fraction of sp³-hybridized carbons (Fsp3) is 0.462. The Hall–Kier alpha value is -1.56. The Morgan fingerprint density at radius 3 is 2.70 bits per heavy atom. The summed E-state index contributed by atoms with van der Waals surface area (Å²) in [6.07, 6.45) is 3.36. The highest BCUT2D eigenvalue weighted by Crippen LogP contribution is 2.26. The molecular formula is C13H15FN2O3S. The first-order chi connectivity index (χ1) is 9.57. The van der Waals surface area contributed by atoms with Crippen molar-refractivity contribution in [2.24, 2.45) is 4.99 Å². The third kappa shape index (κ3) is 2.95. The number of sulfonamides is 1. The summed E-state index contributed by atoms with van der Waals surface area (Å²) in [7, 11) is -4.00. The van der Waals surface area contributed by atoms with Crippen LogP contribution in [0.5, 0.6) is 0 Å². The second kappa shape index (κ2) is 6.26. The second-order valence-electron chi connectivity index (χ2n) is 4.60. The second-order valence-corrected chi connectivity index (χ2v) is 6.46. The molecule has 0 saturated carbocycles. The fourth-order valence-electron chi connectivity index (χ4n) is 2.31. The highest BCUT2D eigenvalue weighted by atomic mass is 32.2. The van der Waals surface area contributed by atoms with Gasteiger partial charge in [-0.15, -0.1) is 0 Å². The minimum absolute atomic E-state index is 0.229. The van der Waals surface area contributed by atoms with Crippen LogP contribution in [0.3, 0.4) is 0 Å². The summed E-state index contributed by atoms with van der Waals surface area (Å²) in [6, 6.07) is 5.21. The van der Waals surface area contributed by atoms with Gasteiger partial charge >= 0.3 is 0 Å². The van der Waals surface area contributed by atoms with E-state index in [9.17, 15) is 17.6 Å². The van der Waals surface area contributed by atoms with E-state index < -0.39 is 22.0 Å². The van der Waals surface area contributed by atoms with Crippen molar-refractivity contribution in [2.75, 3.05) is 6.54 Å². The molecule has 0 radical (unpaired) electrons. The topological polar surface area (TPSA) is 66.8 Å². The number of halogens is 1. The van der Waals surface area contributed by atoms with Gasteiger partial charge in [0.05, 0.1) is 0 Å². The van der Waals surface area contributed by atoms with Gasteiger partial charge in [-0.25, -0.2) is 17.6 Å². The van der Waals surface area contributed by atoms with Gasteiger partial charge in [0.25, 0.3) is 0 Å². The first kappa shape index (κ1) is 14.8. The van der Waals surface area contributed by atoms with Gasteiger partial charge in [0.15, 0.2) is 0 Å². The molecule has 7 heteroatoms. The zero-order valence-electron chi connectivity index (χ0n) is 10.8. The van der Waals surface area contributed by atoms with Gasteiger partial charge in [-0.3, -0.25) is 0 Å². The van der Waals surface area contributed by atoms with Crippen molar-refractivity contribution in [3.05, 3.63) is 30.1 Å². The first-order valence-corrected chi connectivity index (χ1v) is 7.85. The van der Waals surface area contributed by atoms with Crippen molar-refractivity contribution in [3.63, 3.8) is 0 Å². The van der Waals surface area contributed by atoms with Crippen LogP contribution >= 0.6 is 0 Å². The summed E-state index contributed by atoms with van der Waals surface area (Å²) in [5.41, 5.74) is 0. The number of aliphatic imine (C=N–C) groups is 1. The molecule has 1 aromatic rings. The monoisotopic (exact) mass is 298 g/mol. The molecule has 1 heterocycles. The lowest BCUT2D eigenvalue weighted by Crippen LogP contribution is -2.39. The van der Waals surface area contributed by atoms with Crippen LogP contribution in [0, 0.1) is 5.82 Å². The van der Waals surface area contributed by atoms with E-state index in [4.69, 9.17) is 0 Å². The maximum Gasteiger partial charge on any atom is 0.247 e. The predicted octanol–water partition coefficient (Wildman–Crippen LogP) is 2.05. The third-order valence-electron chi connectivity index (χ3n) is 3.30. The number of isocyanates is 1. The summed E-state index contributed by atoms with van der Waals surface area (Å²) in [4.78, 5) is 13.7. The summed E-state index contributed by atoms with van der Waals surface area (Å²) in [5.74, 6) is -0.800. The largest absolute Gasteiger partial charge is 0.247 e. The van der Waals surface area contributed by atoms with Crippen LogP contribution in [0.1, 0.15) is 25.7 Å². The Morgan fingerprint density at radius 1 is 1.25 bits per heavy atom. The highest BCUT2D eigenvalue weighted by molar-refractivity contribution is 7.89. The molecule has 0 bridgehead atoms.